The number of nitrogens with zero attached hydrogens (tertiary/aromatic N) is 5. The summed E-state index contributed by atoms with van der Waals surface area (Å²) in [6, 6.07) is 0.267. The smallest absolute Gasteiger partial charge is 0.257 e. The molecule has 1 unspecified atom stereocenters. The summed E-state index contributed by atoms with van der Waals surface area (Å²) in [7, 11) is 2.01. The van der Waals surface area contributed by atoms with Crippen LogP contribution in [0.1, 0.15) is 53.4 Å². The van der Waals surface area contributed by atoms with Gasteiger partial charge in [0.05, 0.1) is 11.3 Å². The van der Waals surface area contributed by atoms with Gasteiger partial charge in [0.2, 0.25) is 0 Å². The van der Waals surface area contributed by atoms with E-state index in [9.17, 15) is 4.79 Å². The Morgan fingerprint density at radius 1 is 1.29 bits per heavy atom. The molecule has 2 aromatic heterocycles. The molecule has 1 aliphatic rings. The molecule has 24 heavy (non-hydrogen) atoms. The van der Waals surface area contributed by atoms with Crippen molar-refractivity contribution in [1.82, 2.24) is 24.4 Å². The van der Waals surface area contributed by atoms with Gasteiger partial charge in [-0.25, -0.2) is 15.0 Å². The van der Waals surface area contributed by atoms with Crippen molar-refractivity contribution >= 4 is 5.91 Å². The average Bonchev–Trinajstić information content (AvgIpc) is 2.98. The number of piperidine rings is 1. The number of likely N-dealkylation sites (tertiary alicyclic amines) is 1. The molecule has 0 saturated carbocycles. The fourth-order valence-electron chi connectivity index (χ4n) is 3.45. The maximum absolute atomic E-state index is 13.0. The van der Waals surface area contributed by atoms with E-state index in [0.29, 0.717) is 11.4 Å². The molecule has 1 atom stereocenters. The molecule has 0 radical (unpaired) electrons. The maximum Gasteiger partial charge on any atom is 0.257 e. The van der Waals surface area contributed by atoms with Gasteiger partial charge in [0.15, 0.2) is 0 Å². The molecule has 2 aromatic rings. The van der Waals surface area contributed by atoms with Crippen LogP contribution in [0.2, 0.25) is 0 Å². The summed E-state index contributed by atoms with van der Waals surface area (Å²) in [5.41, 5.74) is 1.39. The van der Waals surface area contributed by atoms with Crippen LogP contribution in [0.4, 0.5) is 0 Å². The molecule has 0 spiro atoms. The Morgan fingerprint density at radius 3 is 2.83 bits per heavy atom. The Kier molecular flexibility index (Phi) is 4.92. The molecule has 1 aliphatic heterocycles. The minimum atomic E-state index is 0.0667. The number of aryl methyl sites for hydroxylation is 4. The number of hydrogen-bond acceptors (Lipinski definition) is 4. The van der Waals surface area contributed by atoms with E-state index in [0.717, 1.165) is 43.7 Å². The molecule has 128 valence electrons. The number of carbonyl (C=O) groups is 1. The third-order valence-electron chi connectivity index (χ3n) is 4.84. The molecular weight excluding hydrogens is 302 g/mol. The number of hydrogen-bond donors (Lipinski definition) is 0. The van der Waals surface area contributed by atoms with Crippen LogP contribution >= 0.6 is 0 Å². The standard InChI is InChI=1S/C18H25N5O/c1-13-16(12-20-14(2)21-13)18(24)23-10-5-4-6-15(23)7-8-17-19-9-11-22(17)3/h9,11-12,15H,4-8,10H2,1-3H3. The first-order valence-electron chi connectivity index (χ1n) is 8.63. The predicted octanol–water partition coefficient (Wildman–Crippen LogP) is 2.45. The van der Waals surface area contributed by atoms with Gasteiger partial charge in [-0.2, -0.15) is 0 Å². The lowest BCUT2D eigenvalue weighted by Crippen LogP contribution is -2.44. The van der Waals surface area contributed by atoms with E-state index in [-0.39, 0.29) is 11.9 Å². The maximum atomic E-state index is 13.0. The van der Waals surface area contributed by atoms with E-state index in [1.807, 2.05) is 42.8 Å². The lowest BCUT2D eigenvalue weighted by atomic mass is 9.96. The van der Waals surface area contributed by atoms with Gasteiger partial charge < -0.3 is 9.47 Å². The summed E-state index contributed by atoms with van der Waals surface area (Å²) in [6.07, 6.45) is 10.6. The van der Waals surface area contributed by atoms with Crippen molar-refractivity contribution < 1.29 is 4.79 Å². The molecule has 0 aliphatic carbocycles. The minimum Gasteiger partial charge on any atom is -0.338 e. The number of rotatable bonds is 4. The summed E-state index contributed by atoms with van der Waals surface area (Å²) < 4.78 is 2.05. The van der Waals surface area contributed by atoms with Crippen molar-refractivity contribution in [2.24, 2.45) is 7.05 Å². The Balaban J connectivity index is 1.74. The van der Waals surface area contributed by atoms with E-state index >= 15 is 0 Å². The van der Waals surface area contributed by atoms with Crippen molar-refractivity contribution in [2.75, 3.05) is 6.54 Å². The van der Waals surface area contributed by atoms with E-state index in [1.54, 1.807) is 6.20 Å². The van der Waals surface area contributed by atoms with Crippen LogP contribution in [-0.2, 0) is 13.5 Å². The quantitative estimate of drug-likeness (QED) is 0.865. The largest absolute Gasteiger partial charge is 0.338 e. The van der Waals surface area contributed by atoms with Crippen molar-refractivity contribution in [3.8, 4) is 0 Å². The van der Waals surface area contributed by atoms with Crippen LogP contribution in [0, 0.1) is 13.8 Å². The summed E-state index contributed by atoms with van der Waals surface area (Å²) in [6.45, 7) is 4.55. The highest BCUT2D eigenvalue weighted by Crippen LogP contribution is 2.23. The predicted molar refractivity (Wildman–Crippen MR) is 91.7 cm³/mol. The highest BCUT2D eigenvalue weighted by molar-refractivity contribution is 5.95. The van der Waals surface area contributed by atoms with Gasteiger partial charge in [-0.05, 0) is 39.5 Å². The van der Waals surface area contributed by atoms with Gasteiger partial charge in [-0.15, -0.1) is 0 Å². The van der Waals surface area contributed by atoms with Crippen molar-refractivity contribution in [1.29, 1.82) is 0 Å². The summed E-state index contributed by atoms with van der Waals surface area (Å²) in [5.74, 6) is 1.84. The second kappa shape index (κ2) is 7.11. The number of amides is 1. The van der Waals surface area contributed by atoms with Crippen molar-refractivity contribution in [3.63, 3.8) is 0 Å². The summed E-state index contributed by atoms with van der Waals surface area (Å²) in [5, 5.41) is 0. The molecule has 0 N–H and O–H groups in total. The topological polar surface area (TPSA) is 63.9 Å². The van der Waals surface area contributed by atoms with Crippen LogP contribution in [0.25, 0.3) is 0 Å². The lowest BCUT2D eigenvalue weighted by Gasteiger charge is -2.36. The number of carbonyl (C=O) groups excluding carboxylic acids is 1. The van der Waals surface area contributed by atoms with Crippen LogP contribution in [-0.4, -0.2) is 42.9 Å². The number of aromatic nitrogens is 4. The molecule has 3 rings (SSSR count). The van der Waals surface area contributed by atoms with E-state index in [2.05, 4.69) is 15.0 Å². The van der Waals surface area contributed by atoms with E-state index in [1.165, 1.54) is 6.42 Å². The van der Waals surface area contributed by atoms with Crippen LogP contribution in [0.5, 0.6) is 0 Å². The molecule has 1 fully saturated rings. The SMILES string of the molecule is Cc1ncc(C(=O)N2CCCCC2CCc2nccn2C)c(C)n1. The van der Waals surface area contributed by atoms with Crippen LogP contribution in [0.3, 0.4) is 0 Å². The molecule has 0 aromatic carbocycles. The van der Waals surface area contributed by atoms with E-state index < -0.39 is 0 Å². The Bertz CT molecular complexity index is 724. The normalized spacial score (nSPS) is 18.0. The monoisotopic (exact) mass is 327 g/mol. The highest BCUT2D eigenvalue weighted by Gasteiger charge is 2.28. The van der Waals surface area contributed by atoms with Gasteiger partial charge in [0, 0.05) is 44.6 Å². The fourth-order valence-corrected chi connectivity index (χ4v) is 3.45. The molecule has 0 bridgehead atoms. The van der Waals surface area contributed by atoms with Gasteiger partial charge >= 0.3 is 0 Å². The second-order valence-electron chi connectivity index (χ2n) is 6.56. The summed E-state index contributed by atoms with van der Waals surface area (Å²) in [4.78, 5) is 28.0. The molecular formula is C18H25N5O. The minimum absolute atomic E-state index is 0.0667. The zero-order valence-corrected chi connectivity index (χ0v) is 14.7. The van der Waals surface area contributed by atoms with Crippen molar-refractivity contribution in [2.45, 2.75) is 52.0 Å². The Labute approximate surface area is 142 Å². The van der Waals surface area contributed by atoms with Gasteiger partial charge in [-0.1, -0.05) is 0 Å². The van der Waals surface area contributed by atoms with E-state index in [4.69, 9.17) is 0 Å². The third kappa shape index (κ3) is 3.47. The first-order valence-corrected chi connectivity index (χ1v) is 8.63. The van der Waals surface area contributed by atoms with Crippen LogP contribution < -0.4 is 0 Å². The summed E-state index contributed by atoms with van der Waals surface area (Å²) >= 11 is 0. The van der Waals surface area contributed by atoms with Gasteiger partial charge in [0.1, 0.15) is 11.6 Å². The first kappa shape index (κ1) is 16.6. The Morgan fingerprint density at radius 2 is 2.12 bits per heavy atom. The second-order valence-corrected chi connectivity index (χ2v) is 6.56. The number of imidazole rings is 1. The molecule has 1 amide bonds. The zero-order valence-electron chi connectivity index (χ0n) is 14.7. The average molecular weight is 327 g/mol. The fraction of sp³-hybridized carbons (Fsp3) is 0.556. The Hall–Kier alpha value is -2.24. The van der Waals surface area contributed by atoms with Gasteiger partial charge in [0.25, 0.3) is 5.91 Å². The zero-order chi connectivity index (χ0) is 17.1. The van der Waals surface area contributed by atoms with Gasteiger partial charge in [-0.3, -0.25) is 4.79 Å². The van der Waals surface area contributed by atoms with Crippen molar-refractivity contribution in [3.05, 3.63) is 41.5 Å². The molecule has 1 saturated heterocycles. The molecule has 6 heteroatoms. The highest BCUT2D eigenvalue weighted by atomic mass is 16.2. The third-order valence-corrected chi connectivity index (χ3v) is 4.84. The molecule has 6 nitrogen and oxygen atoms in total. The lowest BCUT2D eigenvalue weighted by molar-refractivity contribution is 0.0599. The first-order chi connectivity index (χ1) is 11.6. The molecule has 3 heterocycles. The van der Waals surface area contributed by atoms with Crippen LogP contribution in [0.15, 0.2) is 18.6 Å².